The zero-order valence-electron chi connectivity index (χ0n) is 25.6. The predicted molar refractivity (Wildman–Crippen MR) is 172 cm³/mol. The van der Waals surface area contributed by atoms with Crippen molar-refractivity contribution in [2.75, 3.05) is 44.6 Å². The number of carbonyl (C=O) groups excluding carboxylic acids is 1. The Hall–Kier alpha value is -2.59. The number of carbonyl (C=O) groups is 1. The van der Waals surface area contributed by atoms with Gasteiger partial charge in [0, 0.05) is 30.6 Å². The number of sulfonamides is 1. The molecule has 5 atom stereocenters. The highest BCUT2D eigenvalue weighted by Gasteiger charge is 2.45. The Balaban J connectivity index is 1.29. The number of nitrogens with two attached hydrogens (primary N) is 1. The van der Waals surface area contributed by atoms with E-state index in [2.05, 4.69) is 23.1 Å². The van der Waals surface area contributed by atoms with Crippen LogP contribution in [0.4, 0.5) is 5.69 Å². The van der Waals surface area contributed by atoms with Gasteiger partial charge >= 0.3 is 5.97 Å². The summed E-state index contributed by atoms with van der Waals surface area (Å²) < 4.78 is 41.1. The number of primary sulfonamides is 1. The Morgan fingerprint density at radius 2 is 2.00 bits per heavy atom. The molecule has 0 bridgehead atoms. The van der Waals surface area contributed by atoms with Gasteiger partial charge in [-0.2, -0.15) is 0 Å². The van der Waals surface area contributed by atoms with Gasteiger partial charge in [0.1, 0.15) is 5.75 Å². The maximum absolute atomic E-state index is 12.6. The Morgan fingerprint density at radius 3 is 2.68 bits per heavy atom. The number of methoxy groups -OCH3 is 2. The SMILES string of the molecule is COC(=O)c1ccc2c(c1)N(C[C@@H]1CC[C@H]1C(OC)C1=CC[C@H](CS(N)(=O)=O)CC1)C[C@@]1(CCCc3cc(Cl)ccc31)CO2. The molecule has 1 aliphatic heterocycles. The summed E-state index contributed by atoms with van der Waals surface area (Å²) in [7, 11) is -0.293. The summed E-state index contributed by atoms with van der Waals surface area (Å²) in [6.45, 7) is 2.15. The highest BCUT2D eigenvalue weighted by molar-refractivity contribution is 7.89. The number of aryl methyl sites for hydroxylation is 1. The maximum atomic E-state index is 12.6. The Kier molecular flexibility index (Phi) is 9.03. The van der Waals surface area contributed by atoms with Crippen LogP contribution in [-0.4, -0.2) is 60.2 Å². The van der Waals surface area contributed by atoms with Crippen LogP contribution < -0.4 is 14.8 Å². The van der Waals surface area contributed by atoms with Crippen LogP contribution in [0.25, 0.3) is 0 Å². The highest BCUT2D eigenvalue weighted by atomic mass is 35.5. The fourth-order valence-electron chi connectivity index (χ4n) is 8.11. The Labute approximate surface area is 265 Å². The molecule has 1 fully saturated rings. The molecule has 44 heavy (non-hydrogen) atoms. The van der Waals surface area contributed by atoms with Crippen molar-refractivity contribution in [3.05, 3.63) is 69.8 Å². The number of hydrogen-bond acceptors (Lipinski definition) is 7. The number of nitrogens with zero attached hydrogens (tertiary/aromatic N) is 1. The van der Waals surface area contributed by atoms with Crippen molar-refractivity contribution in [3.63, 3.8) is 0 Å². The first kappa shape index (κ1) is 31.4. The van der Waals surface area contributed by atoms with E-state index >= 15 is 0 Å². The largest absolute Gasteiger partial charge is 0.490 e. The molecule has 1 saturated carbocycles. The molecule has 0 saturated heterocycles. The minimum atomic E-state index is -3.48. The van der Waals surface area contributed by atoms with Gasteiger partial charge in [-0.1, -0.05) is 23.7 Å². The van der Waals surface area contributed by atoms with Crippen molar-refractivity contribution in [1.29, 1.82) is 0 Å². The summed E-state index contributed by atoms with van der Waals surface area (Å²) in [6, 6.07) is 11.9. The summed E-state index contributed by atoms with van der Waals surface area (Å²) in [6.07, 6.45) is 9.78. The van der Waals surface area contributed by atoms with Gasteiger partial charge in [-0.15, -0.1) is 0 Å². The van der Waals surface area contributed by atoms with Crippen LogP contribution in [0, 0.1) is 17.8 Å². The molecular formula is C34H43ClN2O6S. The summed E-state index contributed by atoms with van der Waals surface area (Å²) in [5.74, 6) is 1.25. The molecule has 1 unspecified atom stereocenters. The first-order valence-corrected chi connectivity index (χ1v) is 17.8. The summed E-state index contributed by atoms with van der Waals surface area (Å²) in [5, 5.41) is 6.08. The van der Waals surface area contributed by atoms with Gasteiger partial charge in [0.15, 0.2) is 0 Å². The van der Waals surface area contributed by atoms with Crippen molar-refractivity contribution >= 4 is 33.3 Å². The van der Waals surface area contributed by atoms with E-state index in [-0.39, 0.29) is 29.2 Å². The average Bonchev–Trinajstić information content (AvgIpc) is 3.14. The molecule has 3 aliphatic carbocycles. The molecule has 1 heterocycles. The van der Waals surface area contributed by atoms with Crippen LogP contribution in [0.2, 0.25) is 5.02 Å². The third-order valence-corrected chi connectivity index (χ3v) is 11.6. The van der Waals surface area contributed by atoms with Crippen LogP contribution in [0.5, 0.6) is 5.75 Å². The smallest absolute Gasteiger partial charge is 0.337 e. The Bertz CT molecular complexity index is 1540. The number of allylic oxidation sites excluding steroid dienone is 1. The molecule has 10 heteroatoms. The third kappa shape index (κ3) is 6.39. The van der Waals surface area contributed by atoms with Crippen molar-refractivity contribution in [2.45, 2.75) is 62.9 Å². The van der Waals surface area contributed by atoms with Gasteiger partial charge in [-0.05, 0) is 116 Å². The summed E-state index contributed by atoms with van der Waals surface area (Å²) in [5.41, 5.74) is 5.10. The Morgan fingerprint density at radius 1 is 1.16 bits per heavy atom. The lowest BCUT2D eigenvalue weighted by Crippen LogP contribution is -2.50. The molecule has 238 valence electrons. The van der Waals surface area contributed by atoms with E-state index in [1.165, 1.54) is 23.8 Å². The third-order valence-electron chi connectivity index (χ3n) is 10.4. The zero-order valence-corrected chi connectivity index (χ0v) is 27.2. The molecule has 2 aromatic carbocycles. The first-order valence-electron chi connectivity index (χ1n) is 15.7. The van der Waals surface area contributed by atoms with Gasteiger partial charge < -0.3 is 19.1 Å². The summed E-state index contributed by atoms with van der Waals surface area (Å²) >= 11 is 6.42. The number of halogens is 1. The standard InChI is InChI=1S/C34H43ClN2O6S/c1-41-32(23-7-5-22(6-8-23)19-44(36,39)40)28-12-9-26(28)18-37-20-34(15-3-4-24-16-27(35)11-13-29(24)34)21-43-31-14-10-25(17-30(31)37)33(38)42-2/h7,10-11,13-14,16-17,22,26,28,32H,3-6,8-9,12,15,18-21H2,1-2H3,(H2,36,39,40)/t22-,26-,28+,32?,34-/m0/s1. The molecule has 6 rings (SSSR count). The van der Waals surface area contributed by atoms with Crippen LogP contribution >= 0.6 is 11.6 Å². The second kappa shape index (κ2) is 12.7. The van der Waals surface area contributed by atoms with E-state index in [0.29, 0.717) is 30.4 Å². The van der Waals surface area contributed by atoms with Crippen molar-refractivity contribution in [3.8, 4) is 5.75 Å². The van der Waals surface area contributed by atoms with E-state index < -0.39 is 10.0 Å². The zero-order chi connectivity index (χ0) is 31.1. The molecule has 0 aromatic heterocycles. The molecule has 1 spiro atoms. The van der Waals surface area contributed by atoms with Gasteiger partial charge in [-0.3, -0.25) is 0 Å². The second-order valence-electron chi connectivity index (χ2n) is 13.2. The number of benzene rings is 2. The predicted octanol–water partition coefficient (Wildman–Crippen LogP) is 5.66. The average molecular weight is 643 g/mol. The number of esters is 1. The molecule has 8 nitrogen and oxygen atoms in total. The van der Waals surface area contributed by atoms with Crippen LogP contribution in [-0.2, 0) is 31.3 Å². The number of fused-ring (bicyclic) bond motifs is 3. The number of ether oxygens (including phenoxy) is 3. The van der Waals surface area contributed by atoms with E-state index in [1.54, 1.807) is 13.2 Å². The van der Waals surface area contributed by atoms with Gasteiger partial charge in [0.2, 0.25) is 10.0 Å². The van der Waals surface area contributed by atoms with E-state index in [9.17, 15) is 13.2 Å². The van der Waals surface area contributed by atoms with Crippen LogP contribution in [0.1, 0.15) is 66.4 Å². The lowest BCUT2D eigenvalue weighted by molar-refractivity contribution is 0.00323. The second-order valence-corrected chi connectivity index (χ2v) is 15.3. The quantitative estimate of drug-likeness (QED) is 0.293. The van der Waals surface area contributed by atoms with Gasteiger partial charge in [0.05, 0.1) is 36.8 Å². The van der Waals surface area contributed by atoms with E-state index in [0.717, 1.165) is 74.5 Å². The van der Waals surface area contributed by atoms with Gasteiger partial charge in [-0.25, -0.2) is 18.4 Å². The number of hydrogen-bond donors (Lipinski definition) is 1. The normalized spacial score (nSPS) is 27.2. The van der Waals surface area contributed by atoms with Crippen molar-refractivity contribution in [2.24, 2.45) is 22.9 Å². The summed E-state index contributed by atoms with van der Waals surface area (Å²) in [4.78, 5) is 15.0. The maximum Gasteiger partial charge on any atom is 0.337 e. The van der Waals surface area contributed by atoms with Crippen LogP contribution in [0.3, 0.4) is 0 Å². The molecule has 0 amide bonds. The minimum Gasteiger partial charge on any atom is -0.490 e. The minimum absolute atomic E-state index is 0.000191. The fraction of sp³-hybridized carbons (Fsp3) is 0.559. The van der Waals surface area contributed by atoms with Crippen LogP contribution in [0.15, 0.2) is 48.0 Å². The van der Waals surface area contributed by atoms with Crippen molar-refractivity contribution < 1.29 is 27.4 Å². The molecule has 2 aromatic rings. The molecule has 0 radical (unpaired) electrons. The molecular weight excluding hydrogens is 600 g/mol. The number of rotatable bonds is 8. The monoisotopic (exact) mass is 642 g/mol. The van der Waals surface area contributed by atoms with Gasteiger partial charge in [0.25, 0.3) is 0 Å². The van der Waals surface area contributed by atoms with E-state index in [1.807, 2.05) is 18.2 Å². The van der Waals surface area contributed by atoms with E-state index in [4.69, 9.17) is 31.0 Å². The fourth-order valence-corrected chi connectivity index (χ4v) is 9.26. The molecule has 2 N–H and O–H groups in total. The lowest BCUT2D eigenvalue weighted by atomic mass is 9.66. The number of anilines is 1. The molecule has 4 aliphatic rings. The topological polar surface area (TPSA) is 108 Å². The highest BCUT2D eigenvalue weighted by Crippen LogP contribution is 2.48. The van der Waals surface area contributed by atoms with Crippen molar-refractivity contribution in [1.82, 2.24) is 0 Å². The first-order chi connectivity index (χ1) is 21.1. The lowest BCUT2D eigenvalue weighted by Gasteiger charge is -2.47.